The molecule has 114 valence electrons. The molecule has 1 aliphatic heterocycles. The Bertz CT molecular complexity index is 503. The molecule has 1 fully saturated rings. The number of rotatable bonds is 3. The zero-order valence-corrected chi connectivity index (χ0v) is 12.9. The molecule has 1 heterocycles. The summed E-state index contributed by atoms with van der Waals surface area (Å²) in [6.45, 7) is 5.31. The van der Waals surface area contributed by atoms with Gasteiger partial charge < -0.3 is 10.2 Å². The Morgan fingerprint density at radius 1 is 1.05 bits per heavy atom. The number of anilines is 1. The van der Waals surface area contributed by atoms with Crippen LogP contribution in [0.25, 0.3) is 0 Å². The number of hydrogen-bond donors (Lipinski definition) is 1. The number of nitrogens with one attached hydrogen (secondary N) is 1. The van der Waals surface area contributed by atoms with Crippen LogP contribution >= 0.6 is 0 Å². The van der Waals surface area contributed by atoms with E-state index in [4.69, 9.17) is 0 Å². The Morgan fingerprint density at radius 2 is 1.67 bits per heavy atom. The SMILES string of the molecule is CC(C)C(=O)Nc1ccccc1C(=O)N1CCCCCC1. The van der Waals surface area contributed by atoms with Crippen molar-refractivity contribution in [1.82, 2.24) is 4.90 Å². The van der Waals surface area contributed by atoms with Crippen LogP contribution in [0.15, 0.2) is 24.3 Å². The third kappa shape index (κ3) is 4.06. The second-order valence-corrected chi connectivity index (χ2v) is 5.90. The van der Waals surface area contributed by atoms with Gasteiger partial charge in [-0.15, -0.1) is 0 Å². The first-order chi connectivity index (χ1) is 10.1. The average molecular weight is 288 g/mol. The van der Waals surface area contributed by atoms with E-state index in [1.807, 2.05) is 30.9 Å². The maximum Gasteiger partial charge on any atom is 0.255 e. The van der Waals surface area contributed by atoms with Crippen LogP contribution in [0, 0.1) is 5.92 Å². The van der Waals surface area contributed by atoms with Gasteiger partial charge in [0.05, 0.1) is 11.3 Å². The number of amides is 2. The molecule has 4 nitrogen and oxygen atoms in total. The molecule has 1 aromatic carbocycles. The van der Waals surface area contributed by atoms with Crippen molar-refractivity contribution in [3.05, 3.63) is 29.8 Å². The second-order valence-electron chi connectivity index (χ2n) is 5.90. The molecule has 1 N–H and O–H groups in total. The highest BCUT2D eigenvalue weighted by molar-refractivity contribution is 6.04. The van der Waals surface area contributed by atoms with E-state index in [-0.39, 0.29) is 17.7 Å². The summed E-state index contributed by atoms with van der Waals surface area (Å²) in [6.07, 6.45) is 4.50. The fourth-order valence-corrected chi connectivity index (χ4v) is 2.50. The molecule has 1 saturated heterocycles. The smallest absolute Gasteiger partial charge is 0.255 e. The molecule has 4 heteroatoms. The van der Waals surface area contributed by atoms with E-state index >= 15 is 0 Å². The zero-order valence-electron chi connectivity index (χ0n) is 12.9. The van der Waals surface area contributed by atoms with Gasteiger partial charge >= 0.3 is 0 Å². The van der Waals surface area contributed by atoms with Crippen LogP contribution in [-0.2, 0) is 4.79 Å². The molecule has 0 radical (unpaired) electrons. The molecule has 0 unspecified atom stereocenters. The molecule has 0 saturated carbocycles. The highest BCUT2D eigenvalue weighted by atomic mass is 16.2. The summed E-state index contributed by atoms with van der Waals surface area (Å²) in [6, 6.07) is 7.28. The average Bonchev–Trinajstić information content (AvgIpc) is 2.76. The van der Waals surface area contributed by atoms with Crippen molar-refractivity contribution in [2.24, 2.45) is 5.92 Å². The normalized spacial score (nSPS) is 15.7. The van der Waals surface area contributed by atoms with Crippen molar-refractivity contribution in [2.75, 3.05) is 18.4 Å². The molecule has 0 aliphatic carbocycles. The van der Waals surface area contributed by atoms with Crippen molar-refractivity contribution < 1.29 is 9.59 Å². The van der Waals surface area contributed by atoms with Crippen LogP contribution in [0.4, 0.5) is 5.69 Å². The summed E-state index contributed by atoms with van der Waals surface area (Å²) >= 11 is 0. The molecule has 21 heavy (non-hydrogen) atoms. The minimum Gasteiger partial charge on any atom is -0.339 e. The number of nitrogens with zero attached hydrogens (tertiary/aromatic N) is 1. The topological polar surface area (TPSA) is 49.4 Å². The van der Waals surface area contributed by atoms with E-state index in [1.165, 1.54) is 12.8 Å². The first kappa shape index (κ1) is 15.5. The number of hydrogen-bond acceptors (Lipinski definition) is 2. The Kier molecular flexibility index (Phi) is 5.37. The predicted molar refractivity (Wildman–Crippen MR) is 84.3 cm³/mol. The first-order valence-corrected chi connectivity index (χ1v) is 7.79. The summed E-state index contributed by atoms with van der Waals surface area (Å²) < 4.78 is 0. The van der Waals surface area contributed by atoms with Crippen molar-refractivity contribution in [2.45, 2.75) is 39.5 Å². The zero-order chi connectivity index (χ0) is 15.2. The maximum absolute atomic E-state index is 12.7. The standard InChI is InChI=1S/C17H24N2O2/c1-13(2)16(20)18-15-10-6-5-9-14(15)17(21)19-11-7-3-4-8-12-19/h5-6,9-10,13H,3-4,7-8,11-12H2,1-2H3,(H,18,20). The lowest BCUT2D eigenvalue weighted by molar-refractivity contribution is -0.118. The minimum absolute atomic E-state index is 0.0246. The minimum atomic E-state index is -0.105. The Hall–Kier alpha value is -1.84. The van der Waals surface area contributed by atoms with Gasteiger partial charge in [-0.25, -0.2) is 0 Å². The monoisotopic (exact) mass is 288 g/mol. The van der Waals surface area contributed by atoms with Gasteiger partial charge in [-0.3, -0.25) is 9.59 Å². The third-order valence-corrected chi connectivity index (χ3v) is 3.83. The number of likely N-dealkylation sites (tertiary alicyclic amines) is 1. The molecule has 1 aromatic rings. The second kappa shape index (κ2) is 7.25. The highest BCUT2D eigenvalue weighted by Crippen LogP contribution is 2.20. The molecule has 0 atom stereocenters. The molecule has 0 aromatic heterocycles. The molecular weight excluding hydrogens is 264 g/mol. The Morgan fingerprint density at radius 3 is 2.29 bits per heavy atom. The Balaban J connectivity index is 2.18. The van der Waals surface area contributed by atoms with Gasteiger partial charge in [0.1, 0.15) is 0 Å². The molecular formula is C17H24N2O2. The van der Waals surface area contributed by atoms with Gasteiger partial charge in [0, 0.05) is 19.0 Å². The lowest BCUT2D eigenvalue weighted by Crippen LogP contribution is -2.32. The van der Waals surface area contributed by atoms with Crippen LogP contribution < -0.4 is 5.32 Å². The largest absolute Gasteiger partial charge is 0.339 e. The number of carbonyl (C=O) groups is 2. The van der Waals surface area contributed by atoms with Crippen LogP contribution in [0.5, 0.6) is 0 Å². The van der Waals surface area contributed by atoms with E-state index in [2.05, 4.69) is 5.32 Å². The van der Waals surface area contributed by atoms with E-state index in [9.17, 15) is 9.59 Å². The molecule has 0 bridgehead atoms. The molecule has 2 rings (SSSR count). The summed E-state index contributed by atoms with van der Waals surface area (Å²) in [5.41, 5.74) is 1.21. The number of carbonyl (C=O) groups excluding carboxylic acids is 2. The van der Waals surface area contributed by atoms with Gasteiger partial charge in [0.25, 0.3) is 5.91 Å². The van der Waals surface area contributed by atoms with Crippen molar-refractivity contribution in [3.63, 3.8) is 0 Å². The van der Waals surface area contributed by atoms with E-state index < -0.39 is 0 Å². The summed E-state index contributed by atoms with van der Waals surface area (Å²) in [5, 5.41) is 2.86. The van der Waals surface area contributed by atoms with Crippen LogP contribution in [0.2, 0.25) is 0 Å². The Labute approximate surface area is 126 Å². The fraction of sp³-hybridized carbons (Fsp3) is 0.529. The van der Waals surface area contributed by atoms with Gasteiger partial charge in [-0.05, 0) is 25.0 Å². The quantitative estimate of drug-likeness (QED) is 0.927. The maximum atomic E-state index is 12.7. The molecule has 2 amide bonds. The van der Waals surface area contributed by atoms with E-state index in [1.54, 1.807) is 12.1 Å². The number of benzene rings is 1. The number of para-hydroxylation sites is 1. The van der Waals surface area contributed by atoms with Crippen LogP contribution in [0.3, 0.4) is 0 Å². The summed E-state index contributed by atoms with van der Waals surface area (Å²) in [5.74, 6) is -0.144. The van der Waals surface area contributed by atoms with Gasteiger partial charge in [-0.1, -0.05) is 38.8 Å². The van der Waals surface area contributed by atoms with Gasteiger partial charge in [0.2, 0.25) is 5.91 Å². The van der Waals surface area contributed by atoms with Crippen molar-refractivity contribution in [1.29, 1.82) is 0 Å². The first-order valence-electron chi connectivity index (χ1n) is 7.79. The summed E-state index contributed by atoms with van der Waals surface area (Å²) in [4.78, 5) is 26.5. The van der Waals surface area contributed by atoms with Gasteiger partial charge in [0.15, 0.2) is 0 Å². The third-order valence-electron chi connectivity index (χ3n) is 3.83. The molecule has 1 aliphatic rings. The predicted octanol–water partition coefficient (Wildman–Crippen LogP) is 3.30. The van der Waals surface area contributed by atoms with Crippen molar-refractivity contribution in [3.8, 4) is 0 Å². The van der Waals surface area contributed by atoms with Crippen LogP contribution in [-0.4, -0.2) is 29.8 Å². The lowest BCUT2D eigenvalue weighted by Gasteiger charge is -2.22. The van der Waals surface area contributed by atoms with E-state index in [0.29, 0.717) is 11.3 Å². The van der Waals surface area contributed by atoms with Crippen LogP contribution in [0.1, 0.15) is 49.9 Å². The van der Waals surface area contributed by atoms with Crippen molar-refractivity contribution >= 4 is 17.5 Å². The highest BCUT2D eigenvalue weighted by Gasteiger charge is 2.20. The lowest BCUT2D eigenvalue weighted by atomic mass is 10.1. The summed E-state index contributed by atoms with van der Waals surface area (Å²) in [7, 11) is 0. The molecule has 0 spiro atoms. The van der Waals surface area contributed by atoms with E-state index in [0.717, 1.165) is 25.9 Å². The van der Waals surface area contributed by atoms with Gasteiger partial charge in [-0.2, -0.15) is 0 Å². The fourth-order valence-electron chi connectivity index (χ4n) is 2.50.